The van der Waals surface area contributed by atoms with Gasteiger partial charge in [-0.3, -0.25) is 19.3 Å². The van der Waals surface area contributed by atoms with Crippen LogP contribution in [-0.2, 0) is 11.3 Å². The van der Waals surface area contributed by atoms with Crippen LogP contribution in [0.5, 0.6) is 0 Å². The van der Waals surface area contributed by atoms with E-state index in [1.807, 2.05) is 56.3 Å². The normalized spacial score (nSPS) is 12.3. The average molecular weight is 351 g/mol. The van der Waals surface area contributed by atoms with Gasteiger partial charge in [0.25, 0.3) is 5.91 Å². The number of carbonyl (C=O) groups is 2. The van der Waals surface area contributed by atoms with Crippen LogP contribution in [-0.4, -0.2) is 32.6 Å². The van der Waals surface area contributed by atoms with Crippen molar-refractivity contribution in [1.82, 2.24) is 20.1 Å². The summed E-state index contributed by atoms with van der Waals surface area (Å²) in [7, 11) is 0. The van der Waals surface area contributed by atoms with Gasteiger partial charge in [0.15, 0.2) is 5.69 Å². The molecule has 0 bridgehead atoms. The number of benzene rings is 1. The van der Waals surface area contributed by atoms with Gasteiger partial charge in [-0.1, -0.05) is 38.1 Å². The zero-order valence-corrected chi connectivity index (χ0v) is 14.7. The highest BCUT2D eigenvalue weighted by atomic mass is 16.2. The van der Waals surface area contributed by atoms with Crippen molar-refractivity contribution in [3.05, 3.63) is 60.0 Å². The minimum absolute atomic E-state index is 0.113. The molecule has 0 spiro atoms. The number of hydrogen-bond acceptors (Lipinski definition) is 4. The topological polar surface area (TPSA) is 103 Å². The van der Waals surface area contributed by atoms with Crippen LogP contribution in [0.15, 0.2) is 48.7 Å². The Morgan fingerprint density at radius 1 is 1.15 bits per heavy atom. The molecule has 1 atom stereocenters. The zero-order valence-electron chi connectivity index (χ0n) is 14.7. The van der Waals surface area contributed by atoms with Gasteiger partial charge in [-0.05, 0) is 24.1 Å². The molecule has 2 aromatic heterocycles. The van der Waals surface area contributed by atoms with Crippen LogP contribution < -0.4 is 11.1 Å². The molecule has 0 aliphatic rings. The monoisotopic (exact) mass is 351 g/mol. The highest BCUT2D eigenvalue weighted by Crippen LogP contribution is 2.19. The van der Waals surface area contributed by atoms with Crippen LogP contribution in [0.25, 0.3) is 10.9 Å². The standard InChI is InChI=1S/C19H21N5O2/c1-12(2)16(18(20)25)22-19(26)17-14-8-3-4-9-15(14)24(23-17)11-13-7-5-6-10-21-13/h3-10,12,16H,11H2,1-2H3,(H2,20,25)(H,22,26). The Balaban J connectivity index is 1.96. The zero-order chi connectivity index (χ0) is 18.7. The summed E-state index contributed by atoms with van der Waals surface area (Å²) in [6.45, 7) is 4.10. The maximum Gasteiger partial charge on any atom is 0.273 e. The Morgan fingerprint density at radius 2 is 1.88 bits per heavy atom. The number of amides is 2. The second kappa shape index (κ2) is 7.35. The molecule has 7 nitrogen and oxygen atoms in total. The van der Waals surface area contributed by atoms with Crippen molar-refractivity contribution in [3.8, 4) is 0 Å². The van der Waals surface area contributed by atoms with Crippen LogP contribution in [0.4, 0.5) is 0 Å². The summed E-state index contributed by atoms with van der Waals surface area (Å²) in [5.74, 6) is -1.10. The third-order valence-corrected chi connectivity index (χ3v) is 4.17. The van der Waals surface area contributed by atoms with Gasteiger partial charge < -0.3 is 11.1 Å². The fourth-order valence-electron chi connectivity index (χ4n) is 2.84. The molecule has 0 aliphatic carbocycles. The lowest BCUT2D eigenvalue weighted by molar-refractivity contribution is -0.120. The minimum atomic E-state index is -0.748. The molecule has 134 valence electrons. The van der Waals surface area contributed by atoms with Crippen molar-refractivity contribution in [2.75, 3.05) is 0 Å². The van der Waals surface area contributed by atoms with E-state index in [4.69, 9.17) is 5.73 Å². The molecule has 2 heterocycles. The maximum absolute atomic E-state index is 12.7. The molecule has 0 radical (unpaired) electrons. The smallest absolute Gasteiger partial charge is 0.273 e. The lowest BCUT2D eigenvalue weighted by Gasteiger charge is -2.18. The summed E-state index contributed by atoms with van der Waals surface area (Å²) >= 11 is 0. The number of carbonyl (C=O) groups excluding carboxylic acids is 2. The first kappa shape index (κ1) is 17.6. The number of fused-ring (bicyclic) bond motifs is 1. The van der Waals surface area contributed by atoms with Gasteiger partial charge in [-0.2, -0.15) is 5.10 Å². The summed E-state index contributed by atoms with van der Waals surface area (Å²) in [5.41, 5.74) is 7.32. The van der Waals surface area contributed by atoms with Gasteiger partial charge >= 0.3 is 0 Å². The first-order valence-electron chi connectivity index (χ1n) is 8.43. The number of primary amides is 1. The number of hydrogen-bond donors (Lipinski definition) is 2. The number of nitrogens with zero attached hydrogens (tertiary/aromatic N) is 3. The third kappa shape index (κ3) is 3.56. The summed E-state index contributed by atoms with van der Waals surface area (Å²) in [4.78, 5) is 28.6. The van der Waals surface area contributed by atoms with Gasteiger partial charge in [-0.15, -0.1) is 0 Å². The van der Waals surface area contributed by atoms with E-state index in [0.29, 0.717) is 11.9 Å². The Labute approximate surface area is 151 Å². The molecule has 26 heavy (non-hydrogen) atoms. The molecule has 0 aliphatic heterocycles. The van der Waals surface area contributed by atoms with Crippen molar-refractivity contribution in [2.24, 2.45) is 11.7 Å². The van der Waals surface area contributed by atoms with Gasteiger partial charge in [-0.25, -0.2) is 0 Å². The first-order valence-corrected chi connectivity index (χ1v) is 8.43. The molecular formula is C19H21N5O2. The van der Waals surface area contributed by atoms with E-state index in [9.17, 15) is 9.59 Å². The second-order valence-electron chi connectivity index (χ2n) is 6.44. The fraction of sp³-hybridized carbons (Fsp3) is 0.263. The largest absolute Gasteiger partial charge is 0.368 e. The van der Waals surface area contributed by atoms with Crippen molar-refractivity contribution in [3.63, 3.8) is 0 Å². The van der Waals surface area contributed by atoms with Crippen LogP contribution in [0, 0.1) is 5.92 Å². The van der Waals surface area contributed by atoms with E-state index in [-0.39, 0.29) is 11.6 Å². The summed E-state index contributed by atoms with van der Waals surface area (Å²) < 4.78 is 1.74. The van der Waals surface area contributed by atoms with E-state index in [1.165, 1.54) is 0 Å². The Kier molecular flexibility index (Phi) is 4.97. The summed E-state index contributed by atoms with van der Waals surface area (Å²) in [6, 6.07) is 12.4. The molecule has 3 N–H and O–H groups in total. The van der Waals surface area contributed by atoms with Crippen LogP contribution in [0.1, 0.15) is 30.0 Å². The van der Waals surface area contributed by atoms with Gasteiger partial charge in [0.05, 0.1) is 17.8 Å². The van der Waals surface area contributed by atoms with E-state index in [0.717, 1.165) is 11.2 Å². The number of nitrogens with two attached hydrogens (primary N) is 1. The van der Waals surface area contributed by atoms with Crippen LogP contribution >= 0.6 is 0 Å². The molecule has 0 saturated heterocycles. The highest BCUT2D eigenvalue weighted by Gasteiger charge is 2.25. The Bertz CT molecular complexity index is 934. The van der Waals surface area contributed by atoms with E-state index < -0.39 is 17.9 Å². The molecule has 3 aromatic rings. The number of rotatable bonds is 6. The number of nitrogens with one attached hydrogen (secondary N) is 1. The van der Waals surface area contributed by atoms with Crippen LogP contribution in [0.3, 0.4) is 0 Å². The summed E-state index contributed by atoms with van der Waals surface area (Å²) in [6.07, 6.45) is 1.72. The number of pyridine rings is 1. The fourth-order valence-corrected chi connectivity index (χ4v) is 2.84. The molecule has 3 rings (SSSR count). The van der Waals surface area contributed by atoms with E-state index in [1.54, 1.807) is 10.9 Å². The molecule has 2 amide bonds. The SMILES string of the molecule is CC(C)C(NC(=O)c1nn(Cc2ccccn2)c2ccccc12)C(N)=O. The Morgan fingerprint density at radius 3 is 2.54 bits per heavy atom. The van der Waals surface area contributed by atoms with E-state index >= 15 is 0 Å². The van der Waals surface area contributed by atoms with Crippen LogP contribution in [0.2, 0.25) is 0 Å². The minimum Gasteiger partial charge on any atom is -0.368 e. The van der Waals surface area contributed by atoms with E-state index in [2.05, 4.69) is 15.4 Å². The first-order chi connectivity index (χ1) is 12.5. The predicted molar refractivity (Wildman–Crippen MR) is 98.4 cm³/mol. The maximum atomic E-state index is 12.7. The molecule has 1 aromatic carbocycles. The molecule has 1 unspecified atom stereocenters. The molecule has 0 saturated carbocycles. The lowest BCUT2D eigenvalue weighted by atomic mass is 10.0. The Hall–Kier alpha value is -3.22. The lowest BCUT2D eigenvalue weighted by Crippen LogP contribution is -2.47. The number of aromatic nitrogens is 3. The second-order valence-corrected chi connectivity index (χ2v) is 6.44. The quantitative estimate of drug-likeness (QED) is 0.706. The van der Waals surface area contributed by atoms with Gasteiger partial charge in [0, 0.05) is 11.6 Å². The third-order valence-electron chi connectivity index (χ3n) is 4.17. The highest BCUT2D eigenvalue weighted by molar-refractivity contribution is 6.06. The molecule has 7 heteroatoms. The predicted octanol–water partition coefficient (Wildman–Crippen LogP) is 1.72. The summed E-state index contributed by atoms with van der Waals surface area (Å²) in [5, 5.41) is 7.88. The number of para-hydroxylation sites is 1. The molecular weight excluding hydrogens is 330 g/mol. The van der Waals surface area contributed by atoms with Crippen molar-refractivity contribution < 1.29 is 9.59 Å². The van der Waals surface area contributed by atoms with Crippen molar-refractivity contribution in [2.45, 2.75) is 26.4 Å². The molecule has 0 fully saturated rings. The van der Waals surface area contributed by atoms with Gasteiger partial charge in [0.2, 0.25) is 5.91 Å². The average Bonchev–Trinajstić information content (AvgIpc) is 2.99. The van der Waals surface area contributed by atoms with Crippen molar-refractivity contribution in [1.29, 1.82) is 0 Å². The van der Waals surface area contributed by atoms with Crippen molar-refractivity contribution >= 4 is 22.7 Å². The van der Waals surface area contributed by atoms with Gasteiger partial charge in [0.1, 0.15) is 6.04 Å².